The summed E-state index contributed by atoms with van der Waals surface area (Å²) in [5.41, 5.74) is 0.955. The van der Waals surface area contributed by atoms with Crippen molar-refractivity contribution in [3.8, 4) is 0 Å². The lowest BCUT2D eigenvalue weighted by molar-refractivity contribution is 0.128. The minimum atomic E-state index is -0.273. The fourth-order valence-corrected chi connectivity index (χ4v) is 3.55. The Kier molecular flexibility index (Phi) is 4.63. The maximum atomic E-state index is 10.2. The molecule has 3 heteroatoms. The second kappa shape index (κ2) is 6.47. The Bertz CT molecular complexity index is 446. The molecule has 1 aromatic carbocycles. The van der Waals surface area contributed by atoms with Crippen molar-refractivity contribution < 1.29 is 5.11 Å². The molecule has 0 aromatic heterocycles. The van der Waals surface area contributed by atoms with E-state index >= 15 is 0 Å². The number of likely N-dealkylation sites (tertiary alicyclic amines) is 1. The third kappa shape index (κ3) is 3.47. The molecule has 3 rings (SSSR count). The molecular formula is C18H28N2O. The molecule has 1 aromatic rings. The second-order valence-electron chi connectivity index (χ2n) is 6.80. The van der Waals surface area contributed by atoms with Crippen LogP contribution in [-0.4, -0.2) is 41.8 Å². The Morgan fingerprint density at radius 3 is 2.57 bits per heavy atom. The smallest absolute Gasteiger partial charge is 0.0683 e. The van der Waals surface area contributed by atoms with E-state index in [9.17, 15) is 5.11 Å². The summed E-state index contributed by atoms with van der Waals surface area (Å²) in [5.74, 6) is 0. The van der Waals surface area contributed by atoms with Crippen LogP contribution >= 0.6 is 0 Å². The Labute approximate surface area is 128 Å². The van der Waals surface area contributed by atoms with E-state index in [4.69, 9.17) is 0 Å². The van der Waals surface area contributed by atoms with Crippen LogP contribution in [0.25, 0.3) is 0 Å². The standard InChI is InChI=1S/C18H28N2O/c1-15-6-5-12-20(15)13-11-18(14-21,19-17-9-10-17)16-7-3-2-4-8-16/h2-4,7-8,15,17,19,21H,5-6,9-14H2,1H3. The summed E-state index contributed by atoms with van der Waals surface area (Å²) in [4.78, 5) is 2.57. The predicted octanol–water partition coefficient (Wildman–Crippen LogP) is 2.50. The lowest BCUT2D eigenvalue weighted by atomic mass is 9.86. The van der Waals surface area contributed by atoms with Crippen molar-refractivity contribution in [1.82, 2.24) is 10.2 Å². The van der Waals surface area contributed by atoms with Gasteiger partial charge in [-0.1, -0.05) is 30.3 Å². The molecule has 1 saturated heterocycles. The van der Waals surface area contributed by atoms with Gasteiger partial charge in [0.1, 0.15) is 0 Å². The number of aliphatic hydroxyl groups excluding tert-OH is 1. The Hall–Kier alpha value is -0.900. The highest BCUT2D eigenvalue weighted by molar-refractivity contribution is 5.25. The van der Waals surface area contributed by atoms with Crippen LogP contribution in [-0.2, 0) is 5.54 Å². The molecule has 0 bridgehead atoms. The average molecular weight is 288 g/mol. The van der Waals surface area contributed by atoms with Crippen LogP contribution in [0.15, 0.2) is 30.3 Å². The minimum absolute atomic E-state index is 0.176. The average Bonchev–Trinajstić information content (AvgIpc) is 3.25. The van der Waals surface area contributed by atoms with Crippen LogP contribution in [0.3, 0.4) is 0 Å². The molecule has 2 aliphatic rings. The molecule has 0 amide bonds. The van der Waals surface area contributed by atoms with Crippen LogP contribution in [0, 0.1) is 0 Å². The highest BCUT2D eigenvalue weighted by atomic mass is 16.3. The summed E-state index contributed by atoms with van der Waals surface area (Å²) in [6.45, 7) is 4.78. The molecule has 116 valence electrons. The van der Waals surface area contributed by atoms with Crippen molar-refractivity contribution in [3.05, 3.63) is 35.9 Å². The monoisotopic (exact) mass is 288 g/mol. The van der Waals surface area contributed by atoms with Crippen LogP contribution in [0.2, 0.25) is 0 Å². The van der Waals surface area contributed by atoms with Gasteiger partial charge in [-0.25, -0.2) is 0 Å². The van der Waals surface area contributed by atoms with Crippen LogP contribution in [0.4, 0.5) is 0 Å². The van der Waals surface area contributed by atoms with Crippen molar-refractivity contribution >= 4 is 0 Å². The molecule has 2 N–H and O–H groups in total. The first kappa shape index (κ1) is 15.0. The number of hydrogen-bond acceptors (Lipinski definition) is 3. The van der Waals surface area contributed by atoms with Gasteiger partial charge in [-0.05, 0) is 51.1 Å². The topological polar surface area (TPSA) is 35.5 Å². The molecule has 2 fully saturated rings. The summed E-state index contributed by atoms with van der Waals surface area (Å²) in [6, 6.07) is 11.8. The van der Waals surface area contributed by atoms with Gasteiger partial charge in [0.05, 0.1) is 12.1 Å². The summed E-state index contributed by atoms with van der Waals surface area (Å²) in [7, 11) is 0. The zero-order chi connectivity index (χ0) is 14.7. The lowest BCUT2D eigenvalue weighted by Gasteiger charge is -2.36. The zero-order valence-electron chi connectivity index (χ0n) is 13.1. The van der Waals surface area contributed by atoms with Gasteiger partial charge in [0.25, 0.3) is 0 Å². The zero-order valence-corrected chi connectivity index (χ0v) is 13.1. The van der Waals surface area contributed by atoms with Gasteiger partial charge >= 0.3 is 0 Å². The number of rotatable bonds is 7. The van der Waals surface area contributed by atoms with E-state index in [2.05, 4.69) is 41.4 Å². The maximum Gasteiger partial charge on any atom is 0.0683 e. The maximum absolute atomic E-state index is 10.2. The molecular weight excluding hydrogens is 260 g/mol. The minimum Gasteiger partial charge on any atom is -0.394 e. The lowest BCUT2D eigenvalue weighted by Crippen LogP contribution is -2.49. The third-order valence-electron chi connectivity index (χ3n) is 5.17. The van der Waals surface area contributed by atoms with Crippen molar-refractivity contribution in [2.75, 3.05) is 19.7 Å². The number of nitrogens with one attached hydrogen (secondary N) is 1. The molecule has 0 radical (unpaired) electrons. The van der Waals surface area contributed by atoms with Crippen LogP contribution in [0.1, 0.15) is 44.6 Å². The molecule has 2 atom stereocenters. The Balaban J connectivity index is 1.74. The normalized spacial score (nSPS) is 25.9. The highest BCUT2D eigenvalue weighted by Crippen LogP contribution is 2.32. The summed E-state index contributed by atoms with van der Waals surface area (Å²) in [5, 5.41) is 13.9. The second-order valence-corrected chi connectivity index (χ2v) is 6.80. The van der Waals surface area contributed by atoms with Crippen LogP contribution < -0.4 is 5.32 Å². The van der Waals surface area contributed by atoms with E-state index < -0.39 is 0 Å². The fraction of sp³-hybridized carbons (Fsp3) is 0.667. The third-order valence-corrected chi connectivity index (χ3v) is 5.17. The summed E-state index contributed by atoms with van der Waals surface area (Å²) >= 11 is 0. The van der Waals surface area contributed by atoms with Gasteiger partial charge < -0.3 is 15.3 Å². The Morgan fingerprint density at radius 1 is 1.24 bits per heavy atom. The number of hydrogen-bond donors (Lipinski definition) is 2. The first-order valence-electron chi connectivity index (χ1n) is 8.42. The fourth-order valence-electron chi connectivity index (χ4n) is 3.55. The summed E-state index contributed by atoms with van der Waals surface area (Å²) in [6.07, 6.45) is 6.10. The molecule has 2 unspecified atom stereocenters. The quantitative estimate of drug-likeness (QED) is 0.809. The largest absolute Gasteiger partial charge is 0.394 e. The van der Waals surface area contributed by atoms with Crippen molar-refractivity contribution in [2.45, 2.75) is 56.7 Å². The van der Waals surface area contributed by atoms with Gasteiger partial charge in [0.2, 0.25) is 0 Å². The van der Waals surface area contributed by atoms with E-state index in [-0.39, 0.29) is 12.1 Å². The SMILES string of the molecule is CC1CCCN1CCC(CO)(NC1CC1)c1ccccc1. The molecule has 0 spiro atoms. The van der Waals surface area contributed by atoms with Crippen molar-refractivity contribution in [3.63, 3.8) is 0 Å². The highest BCUT2D eigenvalue weighted by Gasteiger charge is 2.37. The number of nitrogens with zero attached hydrogens (tertiary/aromatic N) is 1. The Morgan fingerprint density at radius 2 is 2.00 bits per heavy atom. The van der Waals surface area contributed by atoms with Gasteiger partial charge in [-0.15, -0.1) is 0 Å². The first-order chi connectivity index (χ1) is 10.2. The van der Waals surface area contributed by atoms with Crippen molar-refractivity contribution in [1.29, 1.82) is 0 Å². The van der Waals surface area contributed by atoms with E-state index in [1.807, 2.05) is 6.07 Å². The molecule has 1 aliphatic heterocycles. The van der Waals surface area contributed by atoms with E-state index in [0.29, 0.717) is 12.1 Å². The molecule has 1 heterocycles. The van der Waals surface area contributed by atoms with Gasteiger partial charge in [0.15, 0.2) is 0 Å². The van der Waals surface area contributed by atoms with Crippen LogP contribution in [0.5, 0.6) is 0 Å². The van der Waals surface area contributed by atoms with Crippen molar-refractivity contribution in [2.24, 2.45) is 0 Å². The number of aliphatic hydroxyl groups is 1. The molecule has 1 aliphatic carbocycles. The molecule has 3 nitrogen and oxygen atoms in total. The number of benzene rings is 1. The van der Waals surface area contributed by atoms with E-state index in [0.717, 1.165) is 13.0 Å². The van der Waals surface area contributed by atoms with Gasteiger partial charge in [-0.3, -0.25) is 0 Å². The van der Waals surface area contributed by atoms with E-state index in [1.54, 1.807) is 0 Å². The summed E-state index contributed by atoms with van der Waals surface area (Å²) < 4.78 is 0. The molecule has 21 heavy (non-hydrogen) atoms. The van der Waals surface area contributed by atoms with Gasteiger partial charge in [-0.2, -0.15) is 0 Å². The van der Waals surface area contributed by atoms with E-state index in [1.165, 1.54) is 37.8 Å². The first-order valence-corrected chi connectivity index (χ1v) is 8.42. The predicted molar refractivity (Wildman–Crippen MR) is 86.2 cm³/mol. The van der Waals surface area contributed by atoms with Gasteiger partial charge in [0, 0.05) is 18.6 Å². The molecule has 1 saturated carbocycles.